The molecule has 0 unspecified atom stereocenters. The number of aromatic nitrogens is 3. The number of carboxylic acid groups (broad SMARTS) is 1. The number of benzene rings is 1. The molecule has 1 aromatic heterocycles. The zero-order valence-corrected chi connectivity index (χ0v) is 9.47. The van der Waals surface area contributed by atoms with Gasteiger partial charge in [0.2, 0.25) is 5.82 Å². The fourth-order valence-corrected chi connectivity index (χ4v) is 1.33. The van der Waals surface area contributed by atoms with E-state index in [0.29, 0.717) is 11.5 Å². The number of carboxylic acids is 1. The summed E-state index contributed by atoms with van der Waals surface area (Å²) in [6.07, 6.45) is 0. The third-order valence-corrected chi connectivity index (χ3v) is 2.19. The van der Waals surface area contributed by atoms with E-state index >= 15 is 0 Å². The standard InChI is InChI=1S/C11H10N4O3/c1-6-12-9(15-14-6)10(16)13-8-4-2-7(3-5-8)11(17)18/h2-5H,1H3,(H,13,16)(H,17,18)(H,12,14,15). The molecule has 0 spiro atoms. The highest BCUT2D eigenvalue weighted by atomic mass is 16.4. The van der Waals surface area contributed by atoms with E-state index in [1.54, 1.807) is 6.92 Å². The topological polar surface area (TPSA) is 108 Å². The van der Waals surface area contributed by atoms with Crippen molar-refractivity contribution in [2.24, 2.45) is 0 Å². The van der Waals surface area contributed by atoms with Gasteiger partial charge in [-0.15, -0.1) is 5.10 Å². The number of carbonyl (C=O) groups is 2. The number of hydrogen-bond acceptors (Lipinski definition) is 4. The average molecular weight is 246 g/mol. The molecule has 2 rings (SSSR count). The van der Waals surface area contributed by atoms with Gasteiger partial charge in [0.05, 0.1) is 5.56 Å². The summed E-state index contributed by atoms with van der Waals surface area (Å²) in [7, 11) is 0. The van der Waals surface area contributed by atoms with Crippen molar-refractivity contribution in [2.75, 3.05) is 5.32 Å². The molecule has 92 valence electrons. The number of rotatable bonds is 3. The van der Waals surface area contributed by atoms with Crippen LogP contribution in [0, 0.1) is 6.92 Å². The first-order chi connectivity index (χ1) is 8.56. The molecule has 1 heterocycles. The van der Waals surface area contributed by atoms with Crippen LogP contribution in [0.4, 0.5) is 5.69 Å². The lowest BCUT2D eigenvalue weighted by Crippen LogP contribution is -2.13. The zero-order valence-electron chi connectivity index (χ0n) is 9.47. The monoisotopic (exact) mass is 246 g/mol. The van der Waals surface area contributed by atoms with Crippen LogP contribution in [0.1, 0.15) is 26.8 Å². The predicted octanol–water partition coefficient (Wildman–Crippen LogP) is 1.06. The third kappa shape index (κ3) is 2.51. The first kappa shape index (κ1) is 11.8. The maximum atomic E-state index is 11.7. The van der Waals surface area contributed by atoms with Crippen LogP contribution in [0.3, 0.4) is 0 Å². The van der Waals surface area contributed by atoms with E-state index in [0.717, 1.165) is 0 Å². The van der Waals surface area contributed by atoms with E-state index < -0.39 is 11.9 Å². The van der Waals surface area contributed by atoms with Crippen molar-refractivity contribution in [3.05, 3.63) is 41.5 Å². The molecule has 7 heteroatoms. The third-order valence-electron chi connectivity index (χ3n) is 2.19. The summed E-state index contributed by atoms with van der Waals surface area (Å²) in [5.41, 5.74) is 0.634. The van der Waals surface area contributed by atoms with Crippen LogP contribution in [-0.4, -0.2) is 32.2 Å². The molecule has 0 saturated heterocycles. The Hall–Kier alpha value is -2.70. The number of nitrogens with one attached hydrogen (secondary N) is 2. The van der Waals surface area contributed by atoms with Gasteiger partial charge in [0.1, 0.15) is 5.82 Å². The van der Waals surface area contributed by atoms with E-state index in [-0.39, 0.29) is 11.4 Å². The maximum absolute atomic E-state index is 11.7. The number of aromatic carboxylic acids is 1. The van der Waals surface area contributed by atoms with Gasteiger partial charge in [0.15, 0.2) is 0 Å². The molecule has 0 atom stereocenters. The number of anilines is 1. The van der Waals surface area contributed by atoms with Gasteiger partial charge >= 0.3 is 5.97 Å². The van der Waals surface area contributed by atoms with Crippen LogP contribution in [0.25, 0.3) is 0 Å². The maximum Gasteiger partial charge on any atom is 0.335 e. The van der Waals surface area contributed by atoms with Crippen molar-refractivity contribution in [3.63, 3.8) is 0 Å². The highest BCUT2D eigenvalue weighted by Gasteiger charge is 2.11. The van der Waals surface area contributed by atoms with E-state index in [4.69, 9.17) is 5.11 Å². The van der Waals surface area contributed by atoms with Gasteiger partial charge in [-0.2, -0.15) is 0 Å². The smallest absolute Gasteiger partial charge is 0.335 e. The lowest BCUT2D eigenvalue weighted by Gasteiger charge is -2.02. The summed E-state index contributed by atoms with van der Waals surface area (Å²) in [6, 6.07) is 5.81. The molecular weight excluding hydrogens is 236 g/mol. The summed E-state index contributed by atoms with van der Waals surface area (Å²) in [4.78, 5) is 26.2. The van der Waals surface area contributed by atoms with E-state index in [1.165, 1.54) is 24.3 Å². The van der Waals surface area contributed by atoms with Crippen LogP contribution in [-0.2, 0) is 0 Å². The molecule has 1 amide bonds. The molecule has 18 heavy (non-hydrogen) atoms. The molecule has 0 saturated carbocycles. The molecule has 0 radical (unpaired) electrons. The van der Waals surface area contributed by atoms with Crippen molar-refractivity contribution < 1.29 is 14.7 Å². The quantitative estimate of drug-likeness (QED) is 0.750. The molecule has 7 nitrogen and oxygen atoms in total. The number of aromatic amines is 1. The molecule has 0 aliphatic carbocycles. The molecule has 1 aromatic carbocycles. The Morgan fingerprint density at radius 1 is 1.28 bits per heavy atom. The van der Waals surface area contributed by atoms with Crippen molar-refractivity contribution in [2.45, 2.75) is 6.92 Å². The second-order valence-electron chi connectivity index (χ2n) is 3.58. The highest BCUT2D eigenvalue weighted by Crippen LogP contribution is 2.10. The normalized spacial score (nSPS) is 10.1. The van der Waals surface area contributed by atoms with Crippen molar-refractivity contribution in [1.82, 2.24) is 15.2 Å². The fraction of sp³-hybridized carbons (Fsp3) is 0.0909. The van der Waals surface area contributed by atoms with Gasteiger partial charge in [0, 0.05) is 5.69 Å². The number of hydrogen-bond donors (Lipinski definition) is 3. The minimum atomic E-state index is -1.02. The van der Waals surface area contributed by atoms with Crippen LogP contribution >= 0.6 is 0 Å². The van der Waals surface area contributed by atoms with Gasteiger partial charge in [-0.25, -0.2) is 9.78 Å². The van der Waals surface area contributed by atoms with Crippen molar-refractivity contribution >= 4 is 17.6 Å². The summed E-state index contributed by atoms with van der Waals surface area (Å²) >= 11 is 0. The van der Waals surface area contributed by atoms with E-state index in [2.05, 4.69) is 20.5 Å². The van der Waals surface area contributed by atoms with Crippen LogP contribution < -0.4 is 5.32 Å². The van der Waals surface area contributed by atoms with Crippen LogP contribution in [0.5, 0.6) is 0 Å². The Bertz CT molecular complexity index is 589. The Morgan fingerprint density at radius 2 is 1.94 bits per heavy atom. The molecule has 0 bridgehead atoms. The number of H-pyrrole nitrogens is 1. The molecule has 2 aromatic rings. The Balaban J connectivity index is 2.10. The summed E-state index contributed by atoms with van der Waals surface area (Å²) in [5, 5.41) is 17.6. The molecule has 0 fully saturated rings. The fourth-order valence-electron chi connectivity index (χ4n) is 1.33. The van der Waals surface area contributed by atoms with Crippen LogP contribution in [0.15, 0.2) is 24.3 Å². The van der Waals surface area contributed by atoms with Gasteiger partial charge in [-0.1, -0.05) is 0 Å². The van der Waals surface area contributed by atoms with E-state index in [9.17, 15) is 9.59 Å². The predicted molar refractivity (Wildman–Crippen MR) is 62.5 cm³/mol. The number of aryl methyl sites for hydroxylation is 1. The minimum absolute atomic E-state index is 0.0369. The molecule has 0 aliphatic rings. The lowest BCUT2D eigenvalue weighted by molar-refractivity contribution is 0.0696. The summed E-state index contributed by atoms with van der Waals surface area (Å²) < 4.78 is 0. The van der Waals surface area contributed by atoms with Gasteiger partial charge < -0.3 is 10.4 Å². The number of nitrogens with zero attached hydrogens (tertiary/aromatic N) is 2. The van der Waals surface area contributed by atoms with Crippen molar-refractivity contribution in [1.29, 1.82) is 0 Å². The Morgan fingerprint density at radius 3 is 2.44 bits per heavy atom. The molecule has 3 N–H and O–H groups in total. The largest absolute Gasteiger partial charge is 0.478 e. The number of carbonyl (C=O) groups excluding carboxylic acids is 1. The first-order valence-corrected chi connectivity index (χ1v) is 5.10. The minimum Gasteiger partial charge on any atom is -0.478 e. The SMILES string of the molecule is Cc1nc(C(=O)Nc2ccc(C(=O)O)cc2)n[nH]1. The van der Waals surface area contributed by atoms with Crippen LogP contribution in [0.2, 0.25) is 0 Å². The average Bonchev–Trinajstić information content (AvgIpc) is 2.76. The van der Waals surface area contributed by atoms with Gasteiger partial charge in [0.25, 0.3) is 5.91 Å². The lowest BCUT2D eigenvalue weighted by atomic mass is 10.2. The molecule has 0 aliphatic heterocycles. The summed E-state index contributed by atoms with van der Waals surface area (Å²) in [5.74, 6) is -0.893. The summed E-state index contributed by atoms with van der Waals surface area (Å²) in [6.45, 7) is 1.69. The second kappa shape index (κ2) is 4.66. The zero-order chi connectivity index (χ0) is 13.1. The highest BCUT2D eigenvalue weighted by molar-refractivity contribution is 6.01. The molecular formula is C11H10N4O3. The van der Waals surface area contributed by atoms with Gasteiger partial charge in [-0.3, -0.25) is 9.89 Å². The van der Waals surface area contributed by atoms with E-state index in [1.807, 2.05) is 0 Å². The van der Waals surface area contributed by atoms with Gasteiger partial charge in [-0.05, 0) is 31.2 Å². The second-order valence-corrected chi connectivity index (χ2v) is 3.58. The Labute approximate surface area is 102 Å². The Kier molecular flexibility index (Phi) is 3.05. The first-order valence-electron chi connectivity index (χ1n) is 5.10. The number of amides is 1. The van der Waals surface area contributed by atoms with Crippen molar-refractivity contribution in [3.8, 4) is 0 Å².